The van der Waals surface area contributed by atoms with E-state index in [1.807, 2.05) is 43.3 Å². The maximum atomic E-state index is 13.5. The van der Waals surface area contributed by atoms with Crippen LogP contribution in [-0.4, -0.2) is 15.5 Å². The third kappa shape index (κ3) is 4.24. The summed E-state index contributed by atoms with van der Waals surface area (Å²) in [5.41, 5.74) is 6.92. The van der Waals surface area contributed by atoms with Crippen molar-refractivity contribution in [2.45, 2.75) is 20.0 Å². The van der Waals surface area contributed by atoms with E-state index >= 15 is 0 Å². The molecule has 4 aromatic rings. The van der Waals surface area contributed by atoms with Gasteiger partial charge in [0.1, 0.15) is 11.6 Å². The number of rotatable bonds is 6. The summed E-state index contributed by atoms with van der Waals surface area (Å²) in [5, 5.41) is 0. The SMILES string of the molecule is Cc1cccc(C(=O)N(Cc2ccco2)c2c(N)n(Cc3ccccc3)c(=O)[nH]c2=O)c1. The van der Waals surface area contributed by atoms with Gasteiger partial charge in [0.05, 0.1) is 19.4 Å². The maximum Gasteiger partial charge on any atom is 0.330 e. The van der Waals surface area contributed by atoms with Gasteiger partial charge in [-0.2, -0.15) is 0 Å². The Morgan fingerprint density at radius 1 is 1.06 bits per heavy atom. The highest BCUT2D eigenvalue weighted by molar-refractivity contribution is 6.07. The summed E-state index contributed by atoms with van der Waals surface area (Å²) in [6, 6.07) is 19.6. The van der Waals surface area contributed by atoms with Crippen LogP contribution in [0.3, 0.4) is 0 Å². The normalized spacial score (nSPS) is 10.8. The number of nitrogens with two attached hydrogens (primary N) is 1. The number of nitrogens with one attached hydrogen (secondary N) is 1. The lowest BCUT2D eigenvalue weighted by molar-refractivity contribution is 0.0982. The number of aryl methyl sites for hydroxylation is 1. The average Bonchev–Trinajstić information content (AvgIpc) is 3.29. The number of carbonyl (C=O) groups is 1. The zero-order valence-corrected chi connectivity index (χ0v) is 17.4. The molecule has 3 N–H and O–H groups in total. The topological polar surface area (TPSA) is 114 Å². The fourth-order valence-electron chi connectivity index (χ4n) is 3.51. The number of hydrogen-bond donors (Lipinski definition) is 2. The summed E-state index contributed by atoms with van der Waals surface area (Å²) >= 11 is 0. The summed E-state index contributed by atoms with van der Waals surface area (Å²) in [4.78, 5) is 42.4. The molecule has 2 aromatic heterocycles. The second-order valence-corrected chi connectivity index (χ2v) is 7.41. The molecule has 2 aromatic carbocycles. The van der Waals surface area contributed by atoms with Crippen molar-refractivity contribution in [3.8, 4) is 0 Å². The van der Waals surface area contributed by atoms with Crippen molar-refractivity contribution in [1.29, 1.82) is 0 Å². The van der Waals surface area contributed by atoms with E-state index in [0.29, 0.717) is 11.3 Å². The Bertz CT molecular complexity index is 1360. The lowest BCUT2D eigenvalue weighted by atomic mass is 10.1. The minimum Gasteiger partial charge on any atom is -0.467 e. The Labute approximate surface area is 183 Å². The minimum atomic E-state index is -0.746. The van der Waals surface area contributed by atoms with Crippen molar-refractivity contribution in [2.24, 2.45) is 0 Å². The third-order valence-corrected chi connectivity index (χ3v) is 5.07. The van der Waals surface area contributed by atoms with E-state index in [-0.39, 0.29) is 24.6 Å². The van der Waals surface area contributed by atoms with Crippen LogP contribution in [0, 0.1) is 6.92 Å². The maximum absolute atomic E-state index is 13.5. The summed E-state index contributed by atoms with van der Waals surface area (Å²) in [6.45, 7) is 1.98. The fraction of sp³-hybridized carbons (Fsp3) is 0.125. The highest BCUT2D eigenvalue weighted by Gasteiger charge is 2.26. The molecule has 1 amide bonds. The van der Waals surface area contributed by atoms with Gasteiger partial charge < -0.3 is 10.2 Å². The molecule has 0 saturated carbocycles. The predicted molar refractivity (Wildman–Crippen MR) is 122 cm³/mol. The summed E-state index contributed by atoms with van der Waals surface area (Å²) in [5.74, 6) is -0.0759. The van der Waals surface area contributed by atoms with Gasteiger partial charge in [-0.25, -0.2) is 4.79 Å². The van der Waals surface area contributed by atoms with E-state index in [9.17, 15) is 14.4 Å². The molecule has 8 nitrogen and oxygen atoms in total. The Morgan fingerprint density at radius 3 is 2.53 bits per heavy atom. The number of benzene rings is 2. The van der Waals surface area contributed by atoms with Gasteiger partial charge in [-0.1, -0.05) is 48.0 Å². The molecule has 8 heteroatoms. The van der Waals surface area contributed by atoms with Gasteiger partial charge in [-0.05, 0) is 36.8 Å². The van der Waals surface area contributed by atoms with Crippen LogP contribution in [0.4, 0.5) is 11.5 Å². The first-order valence-corrected chi connectivity index (χ1v) is 10.0. The van der Waals surface area contributed by atoms with Crippen LogP contribution in [0.25, 0.3) is 0 Å². The van der Waals surface area contributed by atoms with Crippen LogP contribution in [0.5, 0.6) is 0 Å². The number of nitrogen functional groups attached to an aromatic ring is 1. The molecule has 0 saturated heterocycles. The lowest BCUT2D eigenvalue weighted by Gasteiger charge is -2.24. The zero-order chi connectivity index (χ0) is 22.7. The molecule has 162 valence electrons. The predicted octanol–water partition coefficient (Wildman–Crippen LogP) is 2.92. The van der Waals surface area contributed by atoms with E-state index in [1.54, 1.807) is 30.3 Å². The number of aromatic nitrogens is 2. The largest absolute Gasteiger partial charge is 0.467 e. The highest BCUT2D eigenvalue weighted by Crippen LogP contribution is 2.23. The number of amides is 1. The van der Waals surface area contributed by atoms with Crippen molar-refractivity contribution in [3.05, 3.63) is 116 Å². The minimum absolute atomic E-state index is 0.0312. The molecule has 0 spiro atoms. The number of furan rings is 1. The lowest BCUT2D eigenvalue weighted by Crippen LogP contribution is -2.41. The van der Waals surface area contributed by atoms with Crippen LogP contribution < -0.4 is 21.9 Å². The van der Waals surface area contributed by atoms with Crippen LogP contribution in [0.15, 0.2) is 87.0 Å². The standard InChI is InChI=1S/C24H22N4O4/c1-16-7-5-10-18(13-16)23(30)27(15-19-11-6-12-32-19)20-21(25)28(24(31)26-22(20)29)14-17-8-3-2-4-9-17/h2-13H,14-15,25H2,1H3,(H,26,29,31). The van der Waals surface area contributed by atoms with Crippen LogP contribution >= 0.6 is 0 Å². The molecule has 0 radical (unpaired) electrons. The van der Waals surface area contributed by atoms with Gasteiger partial charge in [-0.3, -0.25) is 24.0 Å². The molecule has 0 atom stereocenters. The van der Waals surface area contributed by atoms with Gasteiger partial charge in [0, 0.05) is 5.56 Å². The second-order valence-electron chi connectivity index (χ2n) is 7.41. The van der Waals surface area contributed by atoms with Crippen molar-refractivity contribution in [2.75, 3.05) is 10.6 Å². The van der Waals surface area contributed by atoms with E-state index in [4.69, 9.17) is 10.2 Å². The summed E-state index contributed by atoms with van der Waals surface area (Å²) < 4.78 is 6.65. The summed E-state index contributed by atoms with van der Waals surface area (Å²) in [6.07, 6.45) is 1.48. The molecule has 32 heavy (non-hydrogen) atoms. The van der Waals surface area contributed by atoms with Crippen molar-refractivity contribution in [3.63, 3.8) is 0 Å². The van der Waals surface area contributed by atoms with Gasteiger partial charge in [0.25, 0.3) is 11.5 Å². The molecule has 2 heterocycles. The second kappa shape index (κ2) is 8.81. The average molecular weight is 430 g/mol. The molecular formula is C24H22N4O4. The quantitative estimate of drug-likeness (QED) is 0.488. The smallest absolute Gasteiger partial charge is 0.330 e. The van der Waals surface area contributed by atoms with Crippen LogP contribution in [0.1, 0.15) is 27.2 Å². The molecule has 0 aliphatic carbocycles. The van der Waals surface area contributed by atoms with E-state index in [0.717, 1.165) is 11.1 Å². The summed E-state index contributed by atoms with van der Waals surface area (Å²) in [7, 11) is 0. The van der Waals surface area contributed by atoms with Gasteiger partial charge >= 0.3 is 5.69 Å². The first-order chi connectivity index (χ1) is 15.4. The number of anilines is 2. The molecule has 4 rings (SSSR count). The molecule has 0 aliphatic heterocycles. The fourth-order valence-corrected chi connectivity index (χ4v) is 3.51. The number of H-pyrrole nitrogens is 1. The number of hydrogen-bond acceptors (Lipinski definition) is 5. The van der Waals surface area contributed by atoms with E-state index < -0.39 is 17.2 Å². The van der Waals surface area contributed by atoms with E-state index in [2.05, 4.69) is 4.98 Å². The van der Waals surface area contributed by atoms with Crippen LogP contribution in [0.2, 0.25) is 0 Å². The monoisotopic (exact) mass is 430 g/mol. The number of nitrogens with zero attached hydrogens (tertiary/aromatic N) is 2. The third-order valence-electron chi connectivity index (χ3n) is 5.07. The van der Waals surface area contributed by atoms with Crippen molar-refractivity contribution < 1.29 is 9.21 Å². The van der Waals surface area contributed by atoms with Gasteiger partial charge in [0.2, 0.25) is 0 Å². The molecule has 0 aliphatic rings. The molecule has 0 bridgehead atoms. The first kappa shape index (κ1) is 20.9. The zero-order valence-electron chi connectivity index (χ0n) is 17.4. The Hall–Kier alpha value is -4.33. The Morgan fingerprint density at radius 2 is 1.84 bits per heavy atom. The highest BCUT2D eigenvalue weighted by atomic mass is 16.3. The van der Waals surface area contributed by atoms with Gasteiger partial charge in [-0.15, -0.1) is 0 Å². The first-order valence-electron chi connectivity index (χ1n) is 10.0. The number of aromatic amines is 1. The van der Waals surface area contributed by atoms with Crippen LogP contribution in [-0.2, 0) is 13.1 Å². The Balaban J connectivity index is 1.85. The Kier molecular flexibility index (Phi) is 5.76. The number of carbonyl (C=O) groups excluding carboxylic acids is 1. The molecule has 0 unspecified atom stereocenters. The van der Waals surface area contributed by atoms with Gasteiger partial charge in [0.15, 0.2) is 5.69 Å². The molecular weight excluding hydrogens is 408 g/mol. The van der Waals surface area contributed by atoms with Crippen molar-refractivity contribution >= 4 is 17.4 Å². The molecule has 0 fully saturated rings. The van der Waals surface area contributed by atoms with Crippen molar-refractivity contribution in [1.82, 2.24) is 9.55 Å². The van der Waals surface area contributed by atoms with E-state index in [1.165, 1.54) is 15.7 Å².